The summed E-state index contributed by atoms with van der Waals surface area (Å²) in [7, 11) is 0. The molecule has 0 saturated carbocycles. The van der Waals surface area contributed by atoms with Gasteiger partial charge in [0.15, 0.2) is 0 Å². The molecule has 0 radical (unpaired) electrons. The SMILES string of the molecule is CC1C=C(Oc2ccccc2)C=CC1CS. The van der Waals surface area contributed by atoms with Crippen LogP contribution in [-0.4, -0.2) is 5.75 Å². The van der Waals surface area contributed by atoms with E-state index in [4.69, 9.17) is 4.74 Å². The number of hydrogen-bond donors (Lipinski definition) is 1. The molecular formula is C14H16OS. The zero-order valence-corrected chi connectivity index (χ0v) is 10.2. The van der Waals surface area contributed by atoms with Gasteiger partial charge >= 0.3 is 0 Å². The Morgan fingerprint density at radius 2 is 2.00 bits per heavy atom. The van der Waals surface area contributed by atoms with Crippen LogP contribution in [0.1, 0.15) is 6.92 Å². The summed E-state index contributed by atoms with van der Waals surface area (Å²) in [6.07, 6.45) is 6.37. The van der Waals surface area contributed by atoms with Crippen molar-refractivity contribution >= 4 is 12.6 Å². The van der Waals surface area contributed by atoms with Gasteiger partial charge in [0.25, 0.3) is 0 Å². The van der Waals surface area contributed by atoms with Crippen molar-refractivity contribution in [2.75, 3.05) is 5.75 Å². The van der Waals surface area contributed by atoms with Crippen molar-refractivity contribution in [3.63, 3.8) is 0 Å². The molecule has 0 fully saturated rings. The second kappa shape index (κ2) is 5.26. The zero-order chi connectivity index (χ0) is 11.4. The Morgan fingerprint density at radius 3 is 2.62 bits per heavy atom. The molecule has 0 bridgehead atoms. The first-order chi connectivity index (χ1) is 7.79. The normalized spacial score (nSPS) is 24.0. The summed E-state index contributed by atoms with van der Waals surface area (Å²) < 4.78 is 5.77. The second-order valence-electron chi connectivity index (χ2n) is 4.05. The van der Waals surface area contributed by atoms with Crippen LogP contribution in [0.2, 0.25) is 0 Å². The van der Waals surface area contributed by atoms with Gasteiger partial charge in [0.1, 0.15) is 11.5 Å². The molecule has 2 heteroatoms. The molecule has 0 spiro atoms. The highest BCUT2D eigenvalue weighted by atomic mass is 32.1. The largest absolute Gasteiger partial charge is 0.458 e. The molecule has 84 valence electrons. The summed E-state index contributed by atoms with van der Waals surface area (Å²) in [4.78, 5) is 0. The number of hydrogen-bond acceptors (Lipinski definition) is 2. The molecular weight excluding hydrogens is 216 g/mol. The zero-order valence-electron chi connectivity index (χ0n) is 9.34. The van der Waals surface area contributed by atoms with E-state index < -0.39 is 0 Å². The number of rotatable bonds is 3. The molecule has 0 aliphatic heterocycles. The van der Waals surface area contributed by atoms with E-state index in [9.17, 15) is 0 Å². The Bertz CT molecular complexity index is 394. The Labute approximate surface area is 102 Å². The highest BCUT2D eigenvalue weighted by molar-refractivity contribution is 7.80. The van der Waals surface area contributed by atoms with Crippen LogP contribution in [0.4, 0.5) is 0 Å². The summed E-state index contributed by atoms with van der Waals surface area (Å²) in [6, 6.07) is 9.86. The average Bonchev–Trinajstić information content (AvgIpc) is 2.31. The molecule has 0 aromatic heterocycles. The molecule has 1 aliphatic carbocycles. The lowest BCUT2D eigenvalue weighted by atomic mass is 9.91. The summed E-state index contributed by atoms with van der Waals surface area (Å²) >= 11 is 4.33. The molecule has 2 atom stereocenters. The van der Waals surface area contributed by atoms with Crippen molar-refractivity contribution in [1.29, 1.82) is 0 Å². The molecule has 0 N–H and O–H groups in total. The summed E-state index contributed by atoms with van der Waals surface area (Å²) in [5.41, 5.74) is 0. The van der Waals surface area contributed by atoms with E-state index >= 15 is 0 Å². The third kappa shape index (κ3) is 2.70. The predicted molar refractivity (Wildman–Crippen MR) is 70.8 cm³/mol. The lowest BCUT2D eigenvalue weighted by molar-refractivity contribution is 0.420. The quantitative estimate of drug-likeness (QED) is 0.782. The Morgan fingerprint density at radius 1 is 1.25 bits per heavy atom. The Balaban J connectivity index is 2.05. The fourth-order valence-corrected chi connectivity index (χ4v) is 2.21. The minimum atomic E-state index is 0.487. The van der Waals surface area contributed by atoms with Gasteiger partial charge in [-0.15, -0.1) is 0 Å². The van der Waals surface area contributed by atoms with Gasteiger partial charge < -0.3 is 4.74 Å². The summed E-state index contributed by atoms with van der Waals surface area (Å²) in [6.45, 7) is 2.19. The van der Waals surface area contributed by atoms with Gasteiger partial charge in [-0.2, -0.15) is 12.6 Å². The van der Waals surface area contributed by atoms with E-state index in [1.54, 1.807) is 0 Å². The predicted octanol–water partition coefficient (Wildman–Crippen LogP) is 3.70. The second-order valence-corrected chi connectivity index (χ2v) is 4.41. The van der Waals surface area contributed by atoms with Gasteiger partial charge in [-0.3, -0.25) is 0 Å². The molecule has 16 heavy (non-hydrogen) atoms. The van der Waals surface area contributed by atoms with E-state index in [-0.39, 0.29) is 0 Å². The number of para-hydroxylation sites is 1. The molecule has 0 heterocycles. The maximum absolute atomic E-state index is 5.77. The number of allylic oxidation sites excluding steroid dienone is 3. The van der Waals surface area contributed by atoms with Crippen LogP contribution in [0.15, 0.2) is 54.3 Å². The van der Waals surface area contributed by atoms with Gasteiger partial charge in [-0.25, -0.2) is 0 Å². The van der Waals surface area contributed by atoms with E-state index in [0.717, 1.165) is 17.3 Å². The van der Waals surface area contributed by atoms with Crippen molar-refractivity contribution in [3.8, 4) is 5.75 Å². The summed E-state index contributed by atoms with van der Waals surface area (Å²) in [5, 5.41) is 0. The monoisotopic (exact) mass is 232 g/mol. The van der Waals surface area contributed by atoms with Crippen LogP contribution in [0.5, 0.6) is 5.75 Å². The van der Waals surface area contributed by atoms with Crippen LogP contribution in [0.25, 0.3) is 0 Å². The van der Waals surface area contributed by atoms with E-state index in [1.165, 1.54) is 0 Å². The van der Waals surface area contributed by atoms with Gasteiger partial charge in [0.05, 0.1) is 0 Å². The Kier molecular flexibility index (Phi) is 3.73. The fraction of sp³-hybridized carbons (Fsp3) is 0.286. The van der Waals surface area contributed by atoms with E-state index in [0.29, 0.717) is 11.8 Å². The van der Waals surface area contributed by atoms with Gasteiger partial charge in [-0.05, 0) is 41.9 Å². The topological polar surface area (TPSA) is 9.23 Å². The molecule has 0 saturated heterocycles. The lowest BCUT2D eigenvalue weighted by Gasteiger charge is -2.21. The first-order valence-electron chi connectivity index (χ1n) is 5.53. The van der Waals surface area contributed by atoms with Gasteiger partial charge in [0, 0.05) is 0 Å². The van der Waals surface area contributed by atoms with E-state index in [2.05, 4.69) is 31.7 Å². The highest BCUT2D eigenvalue weighted by Gasteiger charge is 2.16. The molecule has 0 amide bonds. The molecule has 1 aromatic carbocycles. The van der Waals surface area contributed by atoms with Crippen molar-refractivity contribution in [2.45, 2.75) is 6.92 Å². The van der Waals surface area contributed by atoms with Crippen LogP contribution in [0.3, 0.4) is 0 Å². The molecule has 1 nitrogen and oxygen atoms in total. The summed E-state index contributed by atoms with van der Waals surface area (Å²) in [5.74, 6) is 3.70. The van der Waals surface area contributed by atoms with Crippen molar-refractivity contribution < 1.29 is 4.74 Å². The molecule has 2 unspecified atom stereocenters. The first kappa shape index (κ1) is 11.3. The third-order valence-electron chi connectivity index (χ3n) is 2.80. The molecule has 1 aliphatic rings. The fourth-order valence-electron chi connectivity index (χ4n) is 1.75. The maximum Gasteiger partial charge on any atom is 0.127 e. The van der Waals surface area contributed by atoms with Crippen LogP contribution in [0, 0.1) is 11.8 Å². The third-order valence-corrected chi connectivity index (χ3v) is 3.22. The van der Waals surface area contributed by atoms with Crippen LogP contribution >= 0.6 is 12.6 Å². The van der Waals surface area contributed by atoms with Crippen molar-refractivity contribution in [3.05, 3.63) is 54.3 Å². The minimum absolute atomic E-state index is 0.487. The number of ether oxygens (including phenoxy) is 1. The Hall–Kier alpha value is -1.15. The standard InChI is InChI=1S/C14H16OS/c1-11-9-14(8-7-12(11)10-16)15-13-5-3-2-4-6-13/h2-9,11-12,16H,10H2,1H3. The number of thiol groups is 1. The average molecular weight is 232 g/mol. The first-order valence-corrected chi connectivity index (χ1v) is 6.16. The van der Waals surface area contributed by atoms with Gasteiger partial charge in [0.2, 0.25) is 0 Å². The minimum Gasteiger partial charge on any atom is -0.458 e. The van der Waals surface area contributed by atoms with E-state index in [1.807, 2.05) is 36.4 Å². The van der Waals surface area contributed by atoms with Gasteiger partial charge in [-0.1, -0.05) is 31.2 Å². The maximum atomic E-state index is 5.77. The van der Waals surface area contributed by atoms with Crippen molar-refractivity contribution in [2.24, 2.45) is 11.8 Å². The van der Waals surface area contributed by atoms with Crippen molar-refractivity contribution in [1.82, 2.24) is 0 Å². The van der Waals surface area contributed by atoms with Crippen LogP contribution < -0.4 is 4.74 Å². The molecule has 2 rings (SSSR count). The smallest absolute Gasteiger partial charge is 0.127 e. The highest BCUT2D eigenvalue weighted by Crippen LogP contribution is 2.25. The molecule has 1 aromatic rings. The van der Waals surface area contributed by atoms with Crippen LogP contribution in [-0.2, 0) is 0 Å². The number of benzene rings is 1. The lowest BCUT2D eigenvalue weighted by Crippen LogP contribution is -2.13.